The van der Waals surface area contributed by atoms with Crippen LogP contribution in [0.1, 0.15) is 19.8 Å². The molecule has 1 rings (SSSR count). The zero-order valence-corrected chi connectivity index (χ0v) is 7.62. The summed E-state index contributed by atoms with van der Waals surface area (Å²) in [7, 11) is 1.63. The Hall–Kier alpha value is -0.570. The van der Waals surface area contributed by atoms with E-state index in [-0.39, 0.29) is 11.8 Å². The Labute approximate surface area is 72.7 Å². The van der Waals surface area contributed by atoms with Crippen LogP contribution in [0.3, 0.4) is 0 Å². The number of carboxylic acid groups (broad SMARTS) is 1. The highest BCUT2D eigenvalue weighted by molar-refractivity contribution is 5.70. The average molecular weight is 172 g/mol. The topological polar surface area (TPSA) is 46.5 Å². The molecule has 1 N–H and O–H groups in total. The molecule has 1 saturated carbocycles. The van der Waals surface area contributed by atoms with Gasteiger partial charge in [-0.2, -0.15) is 0 Å². The van der Waals surface area contributed by atoms with Crippen molar-refractivity contribution in [3.8, 4) is 0 Å². The first kappa shape index (κ1) is 9.52. The van der Waals surface area contributed by atoms with Crippen molar-refractivity contribution in [3.05, 3.63) is 0 Å². The molecule has 0 spiro atoms. The van der Waals surface area contributed by atoms with Gasteiger partial charge in [-0.25, -0.2) is 0 Å². The zero-order valence-electron chi connectivity index (χ0n) is 7.62. The summed E-state index contributed by atoms with van der Waals surface area (Å²) in [4.78, 5) is 10.7. The number of carboxylic acids is 1. The number of rotatable bonds is 5. The molecule has 0 aromatic carbocycles. The van der Waals surface area contributed by atoms with Gasteiger partial charge < -0.3 is 9.84 Å². The van der Waals surface area contributed by atoms with E-state index in [0.717, 1.165) is 0 Å². The third-order valence-corrected chi connectivity index (χ3v) is 2.62. The zero-order chi connectivity index (χ0) is 9.14. The fraction of sp³-hybridized carbons (Fsp3) is 0.889. The van der Waals surface area contributed by atoms with Gasteiger partial charge in [-0.05, 0) is 24.7 Å². The molecule has 0 aliphatic heterocycles. The quantitative estimate of drug-likeness (QED) is 0.681. The van der Waals surface area contributed by atoms with E-state index in [1.54, 1.807) is 14.0 Å². The highest BCUT2D eigenvalue weighted by Crippen LogP contribution is 2.40. The van der Waals surface area contributed by atoms with Crippen molar-refractivity contribution in [2.45, 2.75) is 19.8 Å². The molecular formula is C9H16O3. The maximum atomic E-state index is 10.7. The van der Waals surface area contributed by atoms with Crippen molar-refractivity contribution < 1.29 is 14.6 Å². The fourth-order valence-electron chi connectivity index (χ4n) is 1.59. The van der Waals surface area contributed by atoms with Crippen LogP contribution < -0.4 is 0 Å². The summed E-state index contributed by atoms with van der Waals surface area (Å²) in [6.45, 7) is 2.35. The highest BCUT2D eigenvalue weighted by Gasteiger charge is 2.37. The second kappa shape index (κ2) is 3.90. The lowest BCUT2D eigenvalue weighted by Gasteiger charge is -2.18. The Bertz CT molecular complexity index is 163. The molecule has 12 heavy (non-hydrogen) atoms. The van der Waals surface area contributed by atoms with Crippen molar-refractivity contribution in [3.63, 3.8) is 0 Å². The largest absolute Gasteiger partial charge is 0.481 e. The first-order valence-electron chi connectivity index (χ1n) is 4.38. The second-order valence-electron chi connectivity index (χ2n) is 3.58. The lowest BCUT2D eigenvalue weighted by atomic mass is 9.90. The van der Waals surface area contributed by atoms with Crippen LogP contribution >= 0.6 is 0 Å². The lowest BCUT2D eigenvalue weighted by molar-refractivity contribution is -0.144. The smallest absolute Gasteiger partial charge is 0.306 e. The van der Waals surface area contributed by atoms with E-state index in [1.807, 2.05) is 0 Å². The molecule has 0 radical (unpaired) electrons. The summed E-state index contributed by atoms with van der Waals surface area (Å²) in [5.41, 5.74) is 0. The van der Waals surface area contributed by atoms with Crippen LogP contribution in [0.4, 0.5) is 0 Å². The van der Waals surface area contributed by atoms with Gasteiger partial charge in [0.2, 0.25) is 0 Å². The number of ether oxygens (including phenoxy) is 1. The Kier molecular flexibility index (Phi) is 3.09. The molecule has 0 aromatic rings. The van der Waals surface area contributed by atoms with Gasteiger partial charge in [-0.1, -0.05) is 6.92 Å². The van der Waals surface area contributed by atoms with Crippen molar-refractivity contribution >= 4 is 5.97 Å². The van der Waals surface area contributed by atoms with Gasteiger partial charge in [-0.3, -0.25) is 4.79 Å². The van der Waals surface area contributed by atoms with E-state index in [2.05, 4.69) is 0 Å². The number of hydrogen-bond acceptors (Lipinski definition) is 2. The van der Waals surface area contributed by atoms with Crippen LogP contribution in [-0.4, -0.2) is 24.8 Å². The van der Waals surface area contributed by atoms with E-state index in [9.17, 15) is 4.79 Å². The molecule has 1 aliphatic rings. The van der Waals surface area contributed by atoms with Crippen LogP contribution in [-0.2, 0) is 9.53 Å². The minimum absolute atomic E-state index is 0.215. The lowest BCUT2D eigenvalue weighted by Crippen LogP contribution is -2.25. The van der Waals surface area contributed by atoms with Crippen molar-refractivity contribution in [1.82, 2.24) is 0 Å². The molecule has 0 heterocycles. The van der Waals surface area contributed by atoms with Crippen LogP contribution in [0, 0.1) is 17.8 Å². The molecule has 0 aromatic heterocycles. The van der Waals surface area contributed by atoms with E-state index in [4.69, 9.17) is 9.84 Å². The van der Waals surface area contributed by atoms with E-state index < -0.39 is 5.97 Å². The standard InChI is InChI=1S/C9H16O3/c1-6(9(10)11)8(5-12-2)7-3-4-7/h6-8H,3-5H2,1-2H3,(H,10,11). The molecule has 1 aliphatic carbocycles. The van der Waals surface area contributed by atoms with Crippen molar-refractivity contribution in [2.24, 2.45) is 17.8 Å². The van der Waals surface area contributed by atoms with Gasteiger partial charge in [-0.15, -0.1) is 0 Å². The Balaban J connectivity index is 2.45. The minimum Gasteiger partial charge on any atom is -0.481 e. The van der Waals surface area contributed by atoms with Crippen LogP contribution in [0.2, 0.25) is 0 Å². The molecule has 1 fully saturated rings. The summed E-state index contributed by atoms with van der Waals surface area (Å²) in [6.07, 6.45) is 2.34. The minimum atomic E-state index is -0.705. The first-order valence-corrected chi connectivity index (χ1v) is 4.38. The van der Waals surface area contributed by atoms with Crippen LogP contribution in [0.5, 0.6) is 0 Å². The Morgan fingerprint density at radius 1 is 1.67 bits per heavy atom. The van der Waals surface area contributed by atoms with E-state index in [1.165, 1.54) is 12.8 Å². The number of carbonyl (C=O) groups is 1. The van der Waals surface area contributed by atoms with Gasteiger partial charge in [0.05, 0.1) is 12.5 Å². The summed E-state index contributed by atoms with van der Waals surface area (Å²) in [6, 6.07) is 0. The maximum Gasteiger partial charge on any atom is 0.306 e. The van der Waals surface area contributed by atoms with E-state index in [0.29, 0.717) is 12.5 Å². The molecule has 3 heteroatoms. The van der Waals surface area contributed by atoms with Gasteiger partial charge in [0.15, 0.2) is 0 Å². The van der Waals surface area contributed by atoms with Crippen molar-refractivity contribution in [1.29, 1.82) is 0 Å². The number of methoxy groups -OCH3 is 1. The Morgan fingerprint density at radius 3 is 2.58 bits per heavy atom. The average Bonchev–Trinajstić information content (AvgIpc) is 2.81. The van der Waals surface area contributed by atoms with Gasteiger partial charge in [0.1, 0.15) is 0 Å². The summed E-state index contributed by atoms with van der Waals surface area (Å²) in [5.74, 6) is -0.162. The highest BCUT2D eigenvalue weighted by atomic mass is 16.5. The molecule has 3 nitrogen and oxygen atoms in total. The van der Waals surface area contributed by atoms with Crippen molar-refractivity contribution in [2.75, 3.05) is 13.7 Å². The molecule has 0 saturated heterocycles. The molecule has 70 valence electrons. The normalized spacial score (nSPS) is 21.8. The molecular weight excluding hydrogens is 156 g/mol. The van der Waals surface area contributed by atoms with Crippen LogP contribution in [0.15, 0.2) is 0 Å². The van der Waals surface area contributed by atoms with Crippen LogP contribution in [0.25, 0.3) is 0 Å². The molecule has 2 atom stereocenters. The third kappa shape index (κ3) is 2.21. The molecule has 0 amide bonds. The van der Waals surface area contributed by atoms with Gasteiger partial charge in [0, 0.05) is 7.11 Å². The second-order valence-corrected chi connectivity index (χ2v) is 3.58. The van der Waals surface area contributed by atoms with E-state index >= 15 is 0 Å². The van der Waals surface area contributed by atoms with Gasteiger partial charge in [0.25, 0.3) is 0 Å². The SMILES string of the molecule is COCC(C1CC1)C(C)C(=O)O. The fourth-order valence-corrected chi connectivity index (χ4v) is 1.59. The predicted octanol–water partition coefficient (Wildman–Crippen LogP) is 1.38. The summed E-state index contributed by atoms with van der Waals surface area (Å²) < 4.78 is 5.01. The first-order chi connectivity index (χ1) is 5.66. The summed E-state index contributed by atoms with van der Waals surface area (Å²) >= 11 is 0. The third-order valence-electron chi connectivity index (χ3n) is 2.62. The molecule has 0 bridgehead atoms. The monoisotopic (exact) mass is 172 g/mol. The summed E-state index contributed by atoms with van der Waals surface area (Å²) in [5, 5.41) is 8.80. The Morgan fingerprint density at radius 2 is 2.25 bits per heavy atom. The maximum absolute atomic E-state index is 10.7. The number of aliphatic carboxylic acids is 1. The number of hydrogen-bond donors (Lipinski definition) is 1. The van der Waals surface area contributed by atoms with Gasteiger partial charge >= 0.3 is 5.97 Å². The molecule has 2 unspecified atom stereocenters. The predicted molar refractivity (Wildman–Crippen MR) is 44.9 cm³/mol.